The van der Waals surface area contributed by atoms with Gasteiger partial charge in [0.1, 0.15) is 6.10 Å². The number of piperazine rings is 1. The number of ether oxygens (including phenoxy) is 1. The number of carbonyl (C=O) groups is 2. The van der Waals surface area contributed by atoms with Gasteiger partial charge in [-0.05, 0) is 36.6 Å². The summed E-state index contributed by atoms with van der Waals surface area (Å²) in [5.74, 6) is -1.12. The van der Waals surface area contributed by atoms with E-state index >= 15 is 0 Å². The number of rotatable bonds is 5. The van der Waals surface area contributed by atoms with Crippen LogP contribution in [0.3, 0.4) is 0 Å². The smallest absolute Gasteiger partial charge is 0.328 e. The van der Waals surface area contributed by atoms with Crippen LogP contribution in [0.5, 0.6) is 0 Å². The second-order valence-corrected chi connectivity index (χ2v) is 8.41. The lowest BCUT2D eigenvalue weighted by Crippen LogP contribution is -2.52. The SMILES string of the molecule is O=C(O)/C=C/c1ccc(S(=O)(=O)N2CCN(C(=O)C3CCCO3)CC2)cc1. The number of sulfonamides is 1. The summed E-state index contributed by atoms with van der Waals surface area (Å²) in [6.07, 6.45) is 3.60. The zero-order valence-corrected chi connectivity index (χ0v) is 15.6. The fraction of sp³-hybridized carbons (Fsp3) is 0.444. The molecule has 2 saturated heterocycles. The topological polar surface area (TPSA) is 104 Å². The minimum Gasteiger partial charge on any atom is -0.478 e. The van der Waals surface area contributed by atoms with Crippen molar-refractivity contribution in [2.45, 2.75) is 23.8 Å². The zero-order chi connectivity index (χ0) is 19.4. The van der Waals surface area contributed by atoms with Gasteiger partial charge in [-0.15, -0.1) is 0 Å². The summed E-state index contributed by atoms with van der Waals surface area (Å²) in [6, 6.07) is 6.04. The molecule has 0 radical (unpaired) electrons. The average molecular weight is 394 g/mol. The molecule has 0 aromatic heterocycles. The Morgan fingerprint density at radius 3 is 2.33 bits per heavy atom. The first-order valence-corrected chi connectivity index (χ1v) is 10.2. The van der Waals surface area contributed by atoms with Crippen molar-refractivity contribution in [3.63, 3.8) is 0 Å². The average Bonchev–Trinajstić information content (AvgIpc) is 3.21. The number of amides is 1. The Morgan fingerprint density at radius 1 is 1.11 bits per heavy atom. The van der Waals surface area contributed by atoms with Crippen molar-refractivity contribution in [1.29, 1.82) is 0 Å². The predicted molar refractivity (Wildman–Crippen MR) is 97.4 cm³/mol. The molecule has 2 fully saturated rings. The number of benzene rings is 1. The fourth-order valence-corrected chi connectivity index (χ4v) is 4.61. The summed E-state index contributed by atoms with van der Waals surface area (Å²) >= 11 is 0. The first kappa shape index (κ1) is 19.5. The van der Waals surface area contributed by atoms with Crippen LogP contribution >= 0.6 is 0 Å². The number of carboxylic acids is 1. The molecule has 3 rings (SSSR count). The van der Waals surface area contributed by atoms with Gasteiger partial charge in [-0.25, -0.2) is 13.2 Å². The fourth-order valence-electron chi connectivity index (χ4n) is 3.19. The van der Waals surface area contributed by atoms with Crippen molar-refractivity contribution in [2.75, 3.05) is 32.8 Å². The summed E-state index contributed by atoms with van der Waals surface area (Å²) < 4.78 is 32.3. The van der Waals surface area contributed by atoms with Crippen molar-refractivity contribution in [2.24, 2.45) is 0 Å². The lowest BCUT2D eigenvalue weighted by molar-refractivity contribution is -0.142. The Morgan fingerprint density at radius 2 is 1.78 bits per heavy atom. The molecule has 1 aromatic carbocycles. The minimum atomic E-state index is -3.65. The molecule has 8 nitrogen and oxygen atoms in total. The van der Waals surface area contributed by atoms with Crippen molar-refractivity contribution in [1.82, 2.24) is 9.21 Å². The lowest BCUT2D eigenvalue weighted by atomic mass is 10.2. The highest BCUT2D eigenvalue weighted by Crippen LogP contribution is 2.20. The van der Waals surface area contributed by atoms with Crippen LogP contribution in [0.25, 0.3) is 6.08 Å². The van der Waals surface area contributed by atoms with E-state index in [1.165, 1.54) is 22.5 Å². The van der Waals surface area contributed by atoms with Crippen LogP contribution in [0, 0.1) is 0 Å². The number of carbonyl (C=O) groups excluding carboxylic acids is 1. The van der Waals surface area contributed by atoms with Crippen molar-refractivity contribution >= 4 is 28.0 Å². The summed E-state index contributed by atoms with van der Waals surface area (Å²) in [4.78, 5) is 24.7. The molecule has 2 aliphatic heterocycles. The summed E-state index contributed by atoms with van der Waals surface area (Å²) in [7, 11) is -3.65. The third-order valence-corrected chi connectivity index (χ3v) is 6.60. The quantitative estimate of drug-likeness (QED) is 0.741. The van der Waals surface area contributed by atoms with Crippen molar-refractivity contribution in [3.05, 3.63) is 35.9 Å². The van der Waals surface area contributed by atoms with Gasteiger partial charge in [0.15, 0.2) is 0 Å². The van der Waals surface area contributed by atoms with E-state index < -0.39 is 16.0 Å². The molecule has 0 bridgehead atoms. The van der Waals surface area contributed by atoms with E-state index in [0.717, 1.165) is 18.9 Å². The van der Waals surface area contributed by atoms with Crippen LogP contribution in [0.2, 0.25) is 0 Å². The van der Waals surface area contributed by atoms with Crippen LogP contribution in [0.4, 0.5) is 0 Å². The van der Waals surface area contributed by atoms with Gasteiger partial charge in [0.2, 0.25) is 10.0 Å². The molecule has 146 valence electrons. The number of nitrogens with zero attached hydrogens (tertiary/aromatic N) is 2. The standard InChI is InChI=1S/C18H22N2O6S/c21-17(22)8-5-14-3-6-15(7-4-14)27(24,25)20-11-9-19(10-12-20)18(23)16-2-1-13-26-16/h3-8,16H,1-2,9-13H2,(H,21,22)/b8-5+. The number of carboxylic acid groups (broad SMARTS) is 1. The molecule has 9 heteroatoms. The van der Waals surface area contributed by atoms with Crippen LogP contribution in [0.1, 0.15) is 18.4 Å². The highest BCUT2D eigenvalue weighted by molar-refractivity contribution is 7.89. The van der Waals surface area contributed by atoms with E-state index in [2.05, 4.69) is 0 Å². The van der Waals surface area contributed by atoms with Crippen LogP contribution < -0.4 is 0 Å². The Balaban J connectivity index is 1.62. The van der Waals surface area contributed by atoms with E-state index in [1.54, 1.807) is 17.0 Å². The largest absolute Gasteiger partial charge is 0.478 e. The van der Waals surface area contributed by atoms with Gasteiger partial charge >= 0.3 is 5.97 Å². The summed E-state index contributed by atoms with van der Waals surface area (Å²) in [5.41, 5.74) is 0.600. The molecule has 1 unspecified atom stereocenters. The van der Waals surface area contributed by atoms with Gasteiger partial charge in [-0.2, -0.15) is 4.31 Å². The van der Waals surface area contributed by atoms with E-state index in [4.69, 9.17) is 9.84 Å². The van der Waals surface area contributed by atoms with Crippen LogP contribution in [0.15, 0.2) is 35.2 Å². The second kappa shape index (κ2) is 8.20. The molecule has 1 N–H and O–H groups in total. The van der Waals surface area contributed by atoms with E-state index in [-0.39, 0.29) is 30.0 Å². The first-order valence-electron chi connectivity index (χ1n) is 8.79. The normalized spacial score (nSPS) is 21.6. The molecule has 1 aromatic rings. The van der Waals surface area contributed by atoms with Crippen LogP contribution in [-0.4, -0.2) is 73.5 Å². The molecule has 0 aliphatic carbocycles. The van der Waals surface area contributed by atoms with Crippen molar-refractivity contribution in [3.8, 4) is 0 Å². The molecule has 0 spiro atoms. The van der Waals surface area contributed by atoms with Gasteiger partial charge in [-0.3, -0.25) is 4.79 Å². The van der Waals surface area contributed by atoms with Crippen LogP contribution in [-0.2, 0) is 24.3 Å². The maximum Gasteiger partial charge on any atom is 0.328 e. The Hall–Kier alpha value is -2.23. The second-order valence-electron chi connectivity index (χ2n) is 6.47. The molecule has 27 heavy (non-hydrogen) atoms. The number of hydrogen-bond acceptors (Lipinski definition) is 5. The van der Waals surface area contributed by atoms with Gasteiger partial charge in [-0.1, -0.05) is 12.1 Å². The van der Waals surface area contributed by atoms with Gasteiger partial charge in [0, 0.05) is 38.9 Å². The summed E-state index contributed by atoms with van der Waals surface area (Å²) in [6.45, 7) is 1.76. The van der Waals surface area contributed by atoms with E-state index in [0.29, 0.717) is 25.3 Å². The molecule has 0 saturated carbocycles. The Kier molecular flexibility index (Phi) is 5.93. The number of hydrogen-bond donors (Lipinski definition) is 1. The minimum absolute atomic E-state index is 0.0564. The van der Waals surface area contributed by atoms with Crippen molar-refractivity contribution < 1.29 is 27.9 Å². The van der Waals surface area contributed by atoms with Gasteiger partial charge < -0.3 is 14.7 Å². The molecular formula is C18H22N2O6S. The Bertz CT molecular complexity index is 820. The highest BCUT2D eigenvalue weighted by Gasteiger charge is 2.33. The Labute approximate surface area is 158 Å². The van der Waals surface area contributed by atoms with Gasteiger partial charge in [0.25, 0.3) is 5.91 Å². The highest BCUT2D eigenvalue weighted by atomic mass is 32.2. The molecule has 1 atom stereocenters. The molecular weight excluding hydrogens is 372 g/mol. The molecule has 2 heterocycles. The van der Waals surface area contributed by atoms with E-state index in [1.807, 2.05) is 0 Å². The third kappa shape index (κ3) is 4.55. The lowest BCUT2D eigenvalue weighted by Gasteiger charge is -2.35. The van der Waals surface area contributed by atoms with E-state index in [9.17, 15) is 18.0 Å². The maximum atomic E-state index is 12.8. The first-order chi connectivity index (χ1) is 12.9. The monoisotopic (exact) mass is 394 g/mol. The third-order valence-electron chi connectivity index (χ3n) is 4.69. The van der Waals surface area contributed by atoms with Gasteiger partial charge in [0.05, 0.1) is 4.90 Å². The maximum absolute atomic E-state index is 12.8. The molecule has 1 amide bonds. The summed E-state index contributed by atoms with van der Waals surface area (Å²) in [5, 5.41) is 8.63. The predicted octanol–water partition coefficient (Wildman–Crippen LogP) is 0.796. The zero-order valence-electron chi connectivity index (χ0n) is 14.8. The molecule has 2 aliphatic rings. The number of aliphatic carboxylic acids is 1.